The molecule has 0 saturated carbocycles. The zero-order valence-corrected chi connectivity index (χ0v) is 11.9. The van der Waals surface area contributed by atoms with Crippen molar-refractivity contribution in [2.75, 3.05) is 26.1 Å². The van der Waals surface area contributed by atoms with E-state index in [-0.39, 0.29) is 57.9 Å². The molecule has 1 aliphatic heterocycles. The minimum Gasteiger partial charge on any atom is -0.448 e. The Morgan fingerprint density at radius 3 is 2.40 bits per heavy atom. The van der Waals surface area contributed by atoms with Gasteiger partial charge in [0.05, 0.1) is 6.61 Å². The van der Waals surface area contributed by atoms with Crippen molar-refractivity contribution in [1.29, 1.82) is 0 Å². The van der Waals surface area contributed by atoms with Crippen LogP contribution in [0.1, 0.15) is 12.8 Å². The Bertz CT molecular complexity index is 207. The molecule has 0 aromatic carbocycles. The summed E-state index contributed by atoms with van der Waals surface area (Å²) in [5.41, 5.74) is -1.35. The predicted octanol–water partition coefficient (Wildman–Crippen LogP) is -2.80. The Labute approximate surface area is 129 Å². The van der Waals surface area contributed by atoms with Crippen LogP contribution >= 0.6 is 0 Å². The second kappa shape index (κ2) is 6.34. The molecule has 0 bridgehead atoms. The number of aliphatic hydroxyl groups is 2. The summed E-state index contributed by atoms with van der Waals surface area (Å²) in [5, 5.41) is 18.4. The third-order valence-corrected chi connectivity index (χ3v) is 2.39. The summed E-state index contributed by atoms with van der Waals surface area (Å²) < 4.78 is 36.2. The smallest absolute Gasteiger partial charge is 0.448 e. The summed E-state index contributed by atoms with van der Waals surface area (Å²) in [6.07, 6.45) is -0.101. The zero-order chi connectivity index (χ0) is 10.8. The Balaban J connectivity index is 0.00000196. The van der Waals surface area contributed by atoms with E-state index in [2.05, 4.69) is 0 Å². The van der Waals surface area contributed by atoms with Gasteiger partial charge in [-0.2, -0.15) is 0 Å². The van der Waals surface area contributed by atoms with Crippen molar-refractivity contribution in [3.63, 3.8) is 0 Å². The summed E-state index contributed by atoms with van der Waals surface area (Å²) in [6, 6.07) is 0. The SMILES string of the molecule is OCC1(O)CCCN(C[B-](F)(F)F)C1.[K+]. The number of likely N-dealkylation sites (tertiary alicyclic amines) is 1. The minimum atomic E-state index is -4.85. The molecule has 2 N–H and O–H groups in total. The minimum absolute atomic E-state index is 0. The van der Waals surface area contributed by atoms with E-state index < -0.39 is 25.6 Å². The first kappa shape index (κ1) is 16.4. The van der Waals surface area contributed by atoms with E-state index in [4.69, 9.17) is 5.11 Å². The molecule has 0 spiro atoms. The van der Waals surface area contributed by atoms with Crippen LogP contribution in [0.4, 0.5) is 12.9 Å². The molecule has 1 fully saturated rings. The topological polar surface area (TPSA) is 43.7 Å². The number of hydrogen-bond donors (Lipinski definition) is 2. The van der Waals surface area contributed by atoms with Crippen LogP contribution < -0.4 is 51.4 Å². The van der Waals surface area contributed by atoms with Crippen molar-refractivity contribution >= 4 is 6.98 Å². The van der Waals surface area contributed by atoms with Crippen LogP contribution in [0.5, 0.6) is 0 Å². The van der Waals surface area contributed by atoms with Gasteiger partial charge in [-0.05, 0) is 25.8 Å². The summed E-state index contributed by atoms with van der Waals surface area (Å²) in [5.74, 6) is 0. The van der Waals surface area contributed by atoms with Gasteiger partial charge in [-0.3, -0.25) is 0 Å². The van der Waals surface area contributed by atoms with Crippen molar-refractivity contribution < 1.29 is 74.5 Å². The zero-order valence-electron chi connectivity index (χ0n) is 8.80. The standard InChI is InChI=1S/C7H14BF3NO2.K/c9-8(10,11)6-12-3-1-2-7(14,4-12)5-13;/h13-14H,1-6H2;/q-1;+1. The summed E-state index contributed by atoms with van der Waals surface area (Å²) in [7, 11) is 0. The van der Waals surface area contributed by atoms with E-state index in [1.54, 1.807) is 0 Å². The number of hydrogen-bond acceptors (Lipinski definition) is 3. The van der Waals surface area contributed by atoms with Gasteiger partial charge in [0.1, 0.15) is 5.60 Å². The molecule has 1 atom stereocenters. The first-order valence-electron chi connectivity index (χ1n) is 4.61. The molecule has 1 saturated heterocycles. The van der Waals surface area contributed by atoms with Crippen molar-refractivity contribution in [2.24, 2.45) is 0 Å². The van der Waals surface area contributed by atoms with Gasteiger partial charge in [-0.1, -0.05) is 0 Å². The van der Waals surface area contributed by atoms with Crippen LogP contribution in [0.2, 0.25) is 0 Å². The number of aliphatic hydroxyl groups excluding tert-OH is 1. The van der Waals surface area contributed by atoms with Gasteiger partial charge in [0.2, 0.25) is 0 Å². The van der Waals surface area contributed by atoms with Gasteiger partial charge in [0, 0.05) is 6.54 Å². The molecule has 3 nitrogen and oxygen atoms in total. The maximum Gasteiger partial charge on any atom is 1.00 e. The quantitative estimate of drug-likeness (QED) is 0.532. The Morgan fingerprint density at radius 1 is 1.33 bits per heavy atom. The van der Waals surface area contributed by atoms with Crippen molar-refractivity contribution in [1.82, 2.24) is 4.90 Å². The largest absolute Gasteiger partial charge is 1.00 e. The van der Waals surface area contributed by atoms with Gasteiger partial charge >= 0.3 is 58.4 Å². The third kappa shape index (κ3) is 6.02. The normalized spacial score (nSPS) is 28.6. The van der Waals surface area contributed by atoms with Gasteiger partial charge in [0.15, 0.2) is 0 Å². The van der Waals surface area contributed by atoms with Crippen LogP contribution in [-0.4, -0.2) is 53.8 Å². The van der Waals surface area contributed by atoms with Crippen LogP contribution in [0, 0.1) is 0 Å². The van der Waals surface area contributed by atoms with E-state index in [1.807, 2.05) is 0 Å². The molecule has 0 aliphatic carbocycles. The molecule has 84 valence electrons. The van der Waals surface area contributed by atoms with Crippen molar-refractivity contribution in [3.05, 3.63) is 0 Å². The third-order valence-electron chi connectivity index (χ3n) is 2.39. The molecule has 0 aromatic heterocycles. The second-order valence-corrected chi connectivity index (χ2v) is 3.93. The Hall–Kier alpha value is 1.37. The number of nitrogens with zero attached hydrogens (tertiary/aromatic N) is 1. The average molecular weight is 251 g/mol. The molecular formula is C7H14BF3KNO2. The van der Waals surface area contributed by atoms with Crippen LogP contribution in [0.25, 0.3) is 0 Å². The molecular weight excluding hydrogens is 237 g/mol. The predicted molar refractivity (Wildman–Crippen MR) is 46.8 cm³/mol. The molecule has 8 heteroatoms. The van der Waals surface area contributed by atoms with Gasteiger partial charge in [-0.15, -0.1) is 0 Å². The maximum absolute atomic E-state index is 12.1. The van der Waals surface area contributed by atoms with Crippen LogP contribution in [0.15, 0.2) is 0 Å². The van der Waals surface area contributed by atoms with E-state index in [0.29, 0.717) is 19.4 Å². The Morgan fingerprint density at radius 2 is 1.93 bits per heavy atom. The fourth-order valence-electron chi connectivity index (χ4n) is 1.78. The van der Waals surface area contributed by atoms with E-state index in [1.165, 1.54) is 0 Å². The van der Waals surface area contributed by atoms with Crippen molar-refractivity contribution in [2.45, 2.75) is 18.4 Å². The molecule has 1 unspecified atom stereocenters. The van der Waals surface area contributed by atoms with E-state index in [0.717, 1.165) is 4.90 Å². The van der Waals surface area contributed by atoms with Gasteiger partial charge in [0.25, 0.3) is 0 Å². The van der Waals surface area contributed by atoms with Crippen LogP contribution in [0.3, 0.4) is 0 Å². The molecule has 0 aromatic rings. The number of rotatable bonds is 3. The van der Waals surface area contributed by atoms with Crippen molar-refractivity contribution in [3.8, 4) is 0 Å². The average Bonchev–Trinajstić information content (AvgIpc) is 2.01. The Kier molecular flexibility index (Phi) is 6.92. The molecule has 1 rings (SSSR count). The number of β-amino-alcohol motifs (C(OH)–C–C–N with tert-alkyl or cyclic N) is 1. The van der Waals surface area contributed by atoms with Gasteiger partial charge in [-0.25, -0.2) is 0 Å². The number of halogens is 3. The monoisotopic (exact) mass is 251 g/mol. The van der Waals surface area contributed by atoms with E-state index >= 15 is 0 Å². The summed E-state index contributed by atoms with van der Waals surface area (Å²) >= 11 is 0. The molecule has 1 heterocycles. The van der Waals surface area contributed by atoms with E-state index in [9.17, 15) is 18.1 Å². The first-order valence-corrected chi connectivity index (χ1v) is 4.61. The first-order chi connectivity index (χ1) is 6.35. The molecule has 0 radical (unpaired) electrons. The second-order valence-electron chi connectivity index (χ2n) is 3.93. The maximum atomic E-state index is 12.1. The molecule has 1 aliphatic rings. The molecule has 15 heavy (non-hydrogen) atoms. The van der Waals surface area contributed by atoms with Crippen LogP contribution in [-0.2, 0) is 0 Å². The van der Waals surface area contributed by atoms with Gasteiger partial charge < -0.3 is 28.1 Å². The fraction of sp³-hybridized carbons (Fsp3) is 1.00. The fourth-order valence-corrected chi connectivity index (χ4v) is 1.78. The summed E-state index contributed by atoms with van der Waals surface area (Å²) in [4.78, 5) is 1.15. The summed E-state index contributed by atoms with van der Waals surface area (Å²) in [6.45, 7) is -5.08. The number of piperidine rings is 1. The molecule has 0 amide bonds.